The van der Waals surface area contributed by atoms with E-state index in [-0.39, 0.29) is 36.3 Å². The van der Waals surface area contributed by atoms with Crippen molar-refractivity contribution in [3.8, 4) is 0 Å². The number of hydrogen-bond donors (Lipinski definition) is 2. The van der Waals surface area contributed by atoms with E-state index in [1.807, 2.05) is 9.80 Å². The Morgan fingerprint density at radius 3 is 1.41 bits per heavy atom. The molecule has 4 N–H and O–H groups in total. The third-order valence-corrected chi connectivity index (χ3v) is 7.78. The van der Waals surface area contributed by atoms with E-state index in [1.165, 1.54) is 0 Å². The van der Waals surface area contributed by atoms with Gasteiger partial charge in [-0.25, -0.2) is 0 Å². The summed E-state index contributed by atoms with van der Waals surface area (Å²) in [6.45, 7) is 3.16. The summed E-state index contributed by atoms with van der Waals surface area (Å²) in [7, 11) is 0. The van der Waals surface area contributed by atoms with Gasteiger partial charge in [0.15, 0.2) is 0 Å². The second-order valence-electron chi connectivity index (χ2n) is 9.33. The minimum Gasteiger partial charge on any atom is -0.338 e. The summed E-state index contributed by atoms with van der Waals surface area (Å²) in [5, 5.41) is 0. The predicted molar refractivity (Wildman–Crippen MR) is 114 cm³/mol. The molecule has 0 spiro atoms. The number of benzene rings is 1. The molecule has 4 fully saturated rings. The van der Waals surface area contributed by atoms with Crippen LogP contribution in [0.15, 0.2) is 24.3 Å². The summed E-state index contributed by atoms with van der Waals surface area (Å²) in [6.07, 6.45) is 4.42. The van der Waals surface area contributed by atoms with Gasteiger partial charge in [0.2, 0.25) is 0 Å². The molecule has 29 heavy (non-hydrogen) atoms. The fraction of sp³-hybridized carbons (Fsp3) is 0.636. The molecule has 1 aromatic rings. The molecule has 2 heterocycles. The number of nitrogens with zero attached hydrogens (tertiary/aromatic N) is 2. The lowest BCUT2D eigenvalue weighted by Gasteiger charge is -2.20. The van der Waals surface area contributed by atoms with Crippen LogP contribution in [-0.4, -0.2) is 59.9 Å². The Hall–Kier alpha value is -1.63. The van der Waals surface area contributed by atoms with Crippen molar-refractivity contribution >= 4 is 24.2 Å². The SMILES string of the molecule is Cl.NC1CCC2CN(C(=O)c3ccc(C(=O)N4CC5CCC(N)C5C4)cc3)CC12. The van der Waals surface area contributed by atoms with Crippen LogP contribution in [0.4, 0.5) is 0 Å². The molecule has 2 amide bonds. The third kappa shape index (κ3) is 3.56. The first kappa shape index (κ1) is 20.6. The lowest BCUT2D eigenvalue weighted by Crippen LogP contribution is -2.34. The van der Waals surface area contributed by atoms with Gasteiger partial charge in [-0.05, 0) is 73.6 Å². The standard InChI is InChI=1S/C22H30N4O2.ClH/c23-19-7-5-15-9-25(11-17(15)19)21(27)13-1-2-14(4-3-13)22(28)26-10-16-6-8-20(24)18(16)12-26;/h1-4,15-20H,5-12,23-24H2;1H. The normalized spacial score (nSPS) is 35.4. The molecule has 6 nitrogen and oxygen atoms in total. The molecular formula is C22H31ClN4O2. The highest BCUT2D eigenvalue weighted by Gasteiger charge is 2.43. The summed E-state index contributed by atoms with van der Waals surface area (Å²) in [4.78, 5) is 29.6. The zero-order valence-electron chi connectivity index (χ0n) is 16.7. The van der Waals surface area contributed by atoms with E-state index in [1.54, 1.807) is 24.3 Å². The minimum absolute atomic E-state index is 0. The van der Waals surface area contributed by atoms with E-state index in [0.717, 1.165) is 51.9 Å². The summed E-state index contributed by atoms with van der Waals surface area (Å²) in [5.74, 6) is 2.13. The van der Waals surface area contributed by atoms with Gasteiger partial charge in [0, 0.05) is 49.4 Å². The molecule has 0 aromatic heterocycles. The van der Waals surface area contributed by atoms with Gasteiger partial charge >= 0.3 is 0 Å². The summed E-state index contributed by atoms with van der Waals surface area (Å²) in [6, 6.07) is 7.66. The number of likely N-dealkylation sites (tertiary alicyclic amines) is 2. The number of carbonyl (C=O) groups is 2. The third-order valence-electron chi connectivity index (χ3n) is 7.78. The first-order valence-electron chi connectivity index (χ1n) is 10.7. The zero-order valence-corrected chi connectivity index (χ0v) is 17.5. The van der Waals surface area contributed by atoms with Gasteiger partial charge < -0.3 is 21.3 Å². The van der Waals surface area contributed by atoms with E-state index in [0.29, 0.717) is 34.8 Å². The van der Waals surface area contributed by atoms with Crippen LogP contribution >= 0.6 is 12.4 Å². The molecule has 6 unspecified atom stereocenters. The largest absolute Gasteiger partial charge is 0.338 e. The highest BCUT2D eigenvalue weighted by molar-refractivity contribution is 5.98. The summed E-state index contributed by atoms with van der Waals surface area (Å²) >= 11 is 0. The Kier molecular flexibility index (Phi) is 5.62. The fourth-order valence-electron chi connectivity index (χ4n) is 6.07. The van der Waals surface area contributed by atoms with E-state index in [2.05, 4.69) is 0 Å². The van der Waals surface area contributed by atoms with Gasteiger partial charge in [-0.15, -0.1) is 12.4 Å². The topological polar surface area (TPSA) is 92.7 Å². The monoisotopic (exact) mass is 418 g/mol. The van der Waals surface area contributed by atoms with E-state index >= 15 is 0 Å². The molecule has 7 heteroatoms. The Morgan fingerprint density at radius 2 is 1.07 bits per heavy atom. The highest BCUT2D eigenvalue weighted by atomic mass is 35.5. The maximum Gasteiger partial charge on any atom is 0.253 e. The van der Waals surface area contributed by atoms with Crippen molar-refractivity contribution in [2.45, 2.75) is 37.8 Å². The molecule has 5 rings (SSSR count). The lowest BCUT2D eigenvalue weighted by molar-refractivity contribution is 0.0767. The van der Waals surface area contributed by atoms with Crippen molar-refractivity contribution in [3.05, 3.63) is 35.4 Å². The maximum absolute atomic E-state index is 12.9. The number of halogens is 1. The molecule has 6 atom stereocenters. The molecule has 2 saturated carbocycles. The number of hydrogen-bond acceptors (Lipinski definition) is 4. The van der Waals surface area contributed by atoms with Crippen LogP contribution in [0.1, 0.15) is 46.4 Å². The number of nitrogens with two attached hydrogens (primary N) is 2. The van der Waals surface area contributed by atoms with Gasteiger partial charge in [0.05, 0.1) is 0 Å². The molecule has 2 saturated heterocycles. The van der Waals surface area contributed by atoms with E-state index in [4.69, 9.17) is 11.5 Å². The number of rotatable bonds is 2. The van der Waals surface area contributed by atoms with Crippen LogP contribution in [0.2, 0.25) is 0 Å². The van der Waals surface area contributed by atoms with Crippen LogP contribution in [0.25, 0.3) is 0 Å². The van der Waals surface area contributed by atoms with Gasteiger partial charge in [0.25, 0.3) is 11.8 Å². The van der Waals surface area contributed by atoms with Crippen molar-refractivity contribution in [1.82, 2.24) is 9.80 Å². The zero-order chi connectivity index (χ0) is 19.4. The van der Waals surface area contributed by atoms with Gasteiger partial charge in [-0.2, -0.15) is 0 Å². The van der Waals surface area contributed by atoms with Gasteiger partial charge in [-0.1, -0.05) is 0 Å². The van der Waals surface area contributed by atoms with Crippen molar-refractivity contribution in [2.24, 2.45) is 35.1 Å². The molecule has 2 aliphatic carbocycles. The smallest absolute Gasteiger partial charge is 0.253 e. The second kappa shape index (κ2) is 7.89. The fourth-order valence-corrected chi connectivity index (χ4v) is 6.07. The van der Waals surface area contributed by atoms with Crippen molar-refractivity contribution in [1.29, 1.82) is 0 Å². The van der Waals surface area contributed by atoms with Crippen molar-refractivity contribution in [2.75, 3.05) is 26.2 Å². The van der Waals surface area contributed by atoms with Crippen molar-refractivity contribution in [3.63, 3.8) is 0 Å². The van der Waals surface area contributed by atoms with Crippen LogP contribution in [0, 0.1) is 23.7 Å². The Morgan fingerprint density at radius 1 is 0.690 bits per heavy atom. The molecule has 1 aromatic carbocycles. The van der Waals surface area contributed by atoms with Gasteiger partial charge in [0.1, 0.15) is 0 Å². The highest BCUT2D eigenvalue weighted by Crippen LogP contribution is 2.38. The molecule has 2 aliphatic heterocycles. The van der Waals surface area contributed by atoms with Crippen LogP contribution in [0.3, 0.4) is 0 Å². The molecule has 4 aliphatic rings. The molecular weight excluding hydrogens is 388 g/mol. The first-order chi connectivity index (χ1) is 13.5. The minimum atomic E-state index is 0. The summed E-state index contributed by atoms with van der Waals surface area (Å²) in [5.41, 5.74) is 13.7. The Balaban J connectivity index is 0.00000205. The lowest BCUT2D eigenvalue weighted by atomic mass is 9.98. The predicted octanol–water partition coefficient (Wildman–Crippen LogP) is 1.73. The van der Waals surface area contributed by atoms with Crippen LogP contribution in [-0.2, 0) is 0 Å². The van der Waals surface area contributed by atoms with Crippen LogP contribution < -0.4 is 11.5 Å². The van der Waals surface area contributed by atoms with E-state index < -0.39 is 0 Å². The first-order valence-corrected chi connectivity index (χ1v) is 10.7. The van der Waals surface area contributed by atoms with Crippen molar-refractivity contribution < 1.29 is 9.59 Å². The molecule has 0 bridgehead atoms. The maximum atomic E-state index is 12.9. The number of fused-ring (bicyclic) bond motifs is 2. The average Bonchev–Trinajstić information content (AvgIpc) is 3.45. The quantitative estimate of drug-likeness (QED) is 0.764. The van der Waals surface area contributed by atoms with E-state index in [9.17, 15) is 9.59 Å². The second-order valence-corrected chi connectivity index (χ2v) is 9.33. The molecule has 158 valence electrons. The number of carbonyl (C=O) groups excluding carboxylic acids is 2. The Labute approximate surface area is 178 Å². The molecule has 0 radical (unpaired) electrons. The number of amides is 2. The van der Waals surface area contributed by atoms with Crippen LogP contribution in [0.5, 0.6) is 0 Å². The van der Waals surface area contributed by atoms with Gasteiger partial charge in [-0.3, -0.25) is 9.59 Å². The Bertz CT molecular complexity index is 721. The average molecular weight is 419 g/mol. The summed E-state index contributed by atoms with van der Waals surface area (Å²) < 4.78 is 0.